The standard InChI is InChI=1S/C11H18N2O3.C3H6O3.Na/c1-4-6-7(3)11(5-2)8(14)12-10(16)13-9(11)15;1-2(4)3(5)6;/h7H,4-6H2,1-3H3,(H2,12,13,14,15,16);2,4H,1H3,(H,5,6);/q;;+1/p-1. The van der Waals surface area contributed by atoms with Crippen LogP contribution < -0.4 is 40.0 Å². The molecule has 0 saturated heterocycles. The third-order valence-electron chi connectivity index (χ3n) is 3.69. The maximum atomic E-state index is 11.9. The van der Waals surface area contributed by atoms with Gasteiger partial charge in [0.15, 0.2) is 0 Å². The Morgan fingerprint density at radius 3 is 2.13 bits per heavy atom. The second kappa shape index (κ2) is 10.7. The average Bonchev–Trinajstić information content (AvgIpc) is 2.39. The smallest absolute Gasteiger partial charge is 0.846 e. The van der Waals surface area contributed by atoms with Crippen molar-refractivity contribution in [2.24, 2.45) is 16.3 Å². The first-order valence-electron chi connectivity index (χ1n) is 7.15. The van der Waals surface area contributed by atoms with Gasteiger partial charge in [0.05, 0.1) is 6.02 Å². The number of carbonyl (C=O) groups is 3. The molecule has 1 rings (SSSR count). The van der Waals surface area contributed by atoms with Crippen LogP contribution in [0.2, 0.25) is 0 Å². The van der Waals surface area contributed by atoms with Gasteiger partial charge in [0, 0.05) is 0 Å². The number of carbonyl (C=O) groups excluding carboxylic acids is 2. The second-order valence-corrected chi connectivity index (χ2v) is 5.21. The van der Waals surface area contributed by atoms with Crippen LogP contribution in [0.25, 0.3) is 0 Å². The first kappa shape index (κ1) is 24.3. The van der Waals surface area contributed by atoms with Crippen molar-refractivity contribution in [3.63, 3.8) is 0 Å². The van der Waals surface area contributed by atoms with Crippen molar-refractivity contribution in [2.45, 2.75) is 53.1 Å². The van der Waals surface area contributed by atoms with Gasteiger partial charge in [0.1, 0.15) is 11.5 Å². The Morgan fingerprint density at radius 2 is 1.83 bits per heavy atom. The van der Waals surface area contributed by atoms with Crippen molar-refractivity contribution in [3.8, 4) is 0 Å². The van der Waals surface area contributed by atoms with Crippen LogP contribution >= 0.6 is 0 Å². The molecule has 0 saturated carbocycles. The summed E-state index contributed by atoms with van der Waals surface area (Å²) in [7, 11) is 0. The molecule has 0 spiro atoms. The molecule has 3 unspecified atom stereocenters. The zero-order valence-electron chi connectivity index (χ0n) is 14.3. The normalized spacial score (nSPS) is 22.6. The van der Waals surface area contributed by atoms with Crippen molar-refractivity contribution in [1.82, 2.24) is 5.32 Å². The van der Waals surface area contributed by atoms with Crippen molar-refractivity contribution >= 4 is 23.8 Å². The van der Waals surface area contributed by atoms with Gasteiger partial charge in [0.25, 0.3) is 5.91 Å². The number of rotatable bonds is 5. The van der Waals surface area contributed by atoms with Crippen LogP contribution in [-0.2, 0) is 14.4 Å². The van der Waals surface area contributed by atoms with Gasteiger partial charge >= 0.3 is 35.5 Å². The number of nitrogens with zero attached hydrogens (tertiary/aromatic N) is 1. The Balaban J connectivity index is 0. The Morgan fingerprint density at radius 1 is 1.35 bits per heavy atom. The summed E-state index contributed by atoms with van der Waals surface area (Å²) in [4.78, 5) is 36.5. The summed E-state index contributed by atoms with van der Waals surface area (Å²) < 4.78 is 0. The number of amides is 2. The predicted octanol–water partition coefficient (Wildman–Crippen LogP) is -3.35. The summed E-state index contributed by atoms with van der Waals surface area (Å²) in [5.41, 5.74) is -1.15. The van der Waals surface area contributed by atoms with Crippen molar-refractivity contribution in [1.29, 1.82) is 0 Å². The molecule has 126 valence electrons. The summed E-state index contributed by atoms with van der Waals surface area (Å²) >= 11 is 0. The number of carboxylic acids is 1. The van der Waals surface area contributed by atoms with Crippen molar-refractivity contribution in [3.05, 3.63) is 0 Å². The van der Waals surface area contributed by atoms with Gasteiger partial charge in [-0.15, -0.1) is 0 Å². The monoisotopic (exact) mass is 338 g/mol. The first-order valence-corrected chi connectivity index (χ1v) is 7.15. The van der Waals surface area contributed by atoms with E-state index in [1.807, 2.05) is 13.8 Å². The van der Waals surface area contributed by atoms with E-state index in [1.54, 1.807) is 6.92 Å². The van der Waals surface area contributed by atoms with Gasteiger partial charge in [-0.2, -0.15) is 0 Å². The Kier molecular flexibility index (Phi) is 11.4. The first-order chi connectivity index (χ1) is 10.1. The molecule has 0 radical (unpaired) electrons. The number of aliphatic hydroxyl groups is 1. The van der Waals surface area contributed by atoms with Gasteiger partial charge in [-0.1, -0.05) is 27.2 Å². The van der Waals surface area contributed by atoms with Crippen molar-refractivity contribution < 1.29 is 59.3 Å². The predicted molar refractivity (Wildman–Crippen MR) is 76.7 cm³/mol. The van der Waals surface area contributed by atoms with Crippen LogP contribution in [0.3, 0.4) is 0 Å². The molecule has 0 aliphatic carbocycles. The number of hydrogen-bond donors (Lipinski definition) is 3. The molecule has 1 aliphatic heterocycles. The van der Waals surface area contributed by atoms with Crippen LogP contribution in [0.5, 0.6) is 0 Å². The fourth-order valence-corrected chi connectivity index (χ4v) is 2.30. The van der Waals surface area contributed by atoms with E-state index in [-0.39, 0.29) is 35.5 Å². The number of aliphatic imine (C=N–C) groups is 1. The molecule has 0 aromatic rings. The number of aliphatic carboxylic acids is 1. The van der Waals surface area contributed by atoms with Gasteiger partial charge in [-0.25, -0.2) is 9.79 Å². The summed E-state index contributed by atoms with van der Waals surface area (Å²) in [6, 6.07) is -0.845. The van der Waals surface area contributed by atoms with Crippen molar-refractivity contribution in [2.75, 3.05) is 0 Å². The van der Waals surface area contributed by atoms with Crippen LogP contribution in [0, 0.1) is 11.3 Å². The number of amidine groups is 1. The molecule has 0 fully saturated rings. The van der Waals surface area contributed by atoms with Crippen LogP contribution in [0.4, 0.5) is 0 Å². The zero-order valence-corrected chi connectivity index (χ0v) is 16.3. The van der Waals surface area contributed by atoms with Crippen LogP contribution in [0.1, 0.15) is 47.0 Å². The van der Waals surface area contributed by atoms with Gasteiger partial charge in [-0.3, -0.25) is 9.59 Å². The molecule has 3 atom stereocenters. The minimum Gasteiger partial charge on any atom is -0.846 e. The molecular weight excluding hydrogens is 315 g/mol. The van der Waals surface area contributed by atoms with Crippen LogP contribution in [-0.4, -0.2) is 40.1 Å². The van der Waals surface area contributed by atoms with Crippen LogP contribution in [0.15, 0.2) is 4.99 Å². The Bertz CT molecular complexity index is 466. The molecule has 23 heavy (non-hydrogen) atoms. The van der Waals surface area contributed by atoms with Gasteiger partial charge < -0.3 is 20.6 Å². The number of hydrogen-bond acceptors (Lipinski definition) is 5. The molecule has 8 nitrogen and oxygen atoms in total. The molecule has 0 aromatic carbocycles. The summed E-state index contributed by atoms with van der Waals surface area (Å²) in [6.45, 7) is 6.82. The largest absolute Gasteiger partial charge is 1.00 e. The third-order valence-corrected chi connectivity index (χ3v) is 3.69. The van der Waals surface area contributed by atoms with E-state index in [9.17, 15) is 19.5 Å². The average molecular weight is 338 g/mol. The SMILES string of the molecule is CC(O)C(=O)O.CCCC(C)C1(CC)C(=O)N=C([O-])NC1=O.[Na+]. The van der Waals surface area contributed by atoms with Gasteiger partial charge in [0.2, 0.25) is 5.91 Å². The second-order valence-electron chi connectivity index (χ2n) is 5.21. The summed E-state index contributed by atoms with van der Waals surface area (Å²) in [6.07, 6.45) is 0.786. The molecule has 2 amide bonds. The topological polar surface area (TPSA) is 139 Å². The number of aliphatic hydroxyl groups excluding tert-OH is 1. The molecule has 1 aliphatic rings. The Labute approximate surface area is 157 Å². The third kappa shape index (κ3) is 6.21. The fraction of sp³-hybridized carbons (Fsp3) is 0.714. The molecule has 3 N–H and O–H groups in total. The molecular formula is C14H23N2NaO6. The van der Waals surface area contributed by atoms with E-state index in [4.69, 9.17) is 10.2 Å². The molecule has 1 heterocycles. The molecule has 0 bridgehead atoms. The fourth-order valence-electron chi connectivity index (χ4n) is 2.30. The van der Waals surface area contributed by atoms with E-state index < -0.39 is 35.3 Å². The van der Waals surface area contributed by atoms with E-state index >= 15 is 0 Å². The molecule has 0 aromatic heterocycles. The quantitative estimate of drug-likeness (QED) is 0.353. The van der Waals surface area contributed by atoms with E-state index in [2.05, 4.69) is 10.3 Å². The summed E-state index contributed by atoms with van der Waals surface area (Å²) in [5.74, 6) is -2.38. The van der Waals surface area contributed by atoms with E-state index in [0.717, 1.165) is 12.8 Å². The van der Waals surface area contributed by atoms with Gasteiger partial charge in [-0.05, 0) is 25.7 Å². The zero-order chi connectivity index (χ0) is 17.5. The summed E-state index contributed by atoms with van der Waals surface area (Å²) in [5, 5.41) is 28.8. The molecule has 9 heteroatoms. The number of carboxylic acid groups (broad SMARTS) is 1. The minimum atomic E-state index is -1.23. The Hall–Kier alpha value is -0.960. The maximum Gasteiger partial charge on any atom is 1.00 e. The van der Waals surface area contributed by atoms with E-state index in [0.29, 0.717) is 6.42 Å². The van der Waals surface area contributed by atoms with E-state index in [1.165, 1.54) is 6.92 Å². The number of nitrogens with one attached hydrogen (secondary N) is 1. The maximum absolute atomic E-state index is 11.9. The minimum absolute atomic E-state index is 0.